The van der Waals surface area contributed by atoms with Gasteiger partial charge in [-0.25, -0.2) is 0 Å². The van der Waals surface area contributed by atoms with Crippen LogP contribution >= 0.6 is 11.3 Å². The fraction of sp³-hybridized carbons (Fsp3) is 0.0800. The first kappa shape index (κ1) is 21.1. The van der Waals surface area contributed by atoms with E-state index in [9.17, 15) is 10.1 Å². The van der Waals surface area contributed by atoms with E-state index in [-0.39, 0.29) is 18.1 Å². The quantitative estimate of drug-likeness (QED) is 0.285. The van der Waals surface area contributed by atoms with E-state index in [1.807, 2.05) is 85.1 Å². The Bertz CT molecular complexity index is 1270. The number of anilines is 1. The van der Waals surface area contributed by atoms with Crippen molar-refractivity contribution in [2.24, 2.45) is 5.16 Å². The number of carbonyl (C=O) groups excluding carboxylic acids is 1. The SMILES string of the molecule is CC(=NOCC(=O)Nc1oc(-c2ccccc2)c(-c2ccccc2)c1C#N)c1cccs1. The van der Waals surface area contributed by atoms with Gasteiger partial charge in [-0.1, -0.05) is 71.9 Å². The molecule has 0 radical (unpaired) electrons. The molecule has 2 aromatic carbocycles. The minimum atomic E-state index is -0.475. The van der Waals surface area contributed by atoms with Gasteiger partial charge in [-0.15, -0.1) is 11.3 Å². The highest BCUT2D eigenvalue weighted by atomic mass is 32.1. The van der Waals surface area contributed by atoms with Crippen LogP contribution in [-0.2, 0) is 9.63 Å². The monoisotopic (exact) mass is 441 g/mol. The first-order valence-corrected chi connectivity index (χ1v) is 10.7. The Morgan fingerprint density at radius 3 is 2.38 bits per heavy atom. The number of rotatable bonds is 7. The average Bonchev–Trinajstić information content (AvgIpc) is 3.48. The van der Waals surface area contributed by atoms with Crippen molar-refractivity contribution in [1.82, 2.24) is 0 Å². The Labute approximate surface area is 189 Å². The molecule has 1 N–H and O–H groups in total. The van der Waals surface area contributed by atoms with Gasteiger partial charge < -0.3 is 9.25 Å². The predicted molar refractivity (Wildman–Crippen MR) is 125 cm³/mol. The van der Waals surface area contributed by atoms with Gasteiger partial charge in [-0.05, 0) is 23.9 Å². The standard InChI is InChI=1S/C25H19N3O3S/c1-17(21-13-8-14-32-21)28-30-16-22(29)27-25-20(15-26)23(18-9-4-2-5-10-18)24(31-25)19-11-6-3-7-12-19/h2-14H,16H2,1H3,(H,27,29). The molecule has 0 spiro atoms. The van der Waals surface area contributed by atoms with E-state index >= 15 is 0 Å². The largest absolute Gasteiger partial charge is 0.438 e. The van der Waals surface area contributed by atoms with Crippen LogP contribution in [0.3, 0.4) is 0 Å². The molecular weight excluding hydrogens is 422 g/mol. The Hall–Kier alpha value is -4.15. The van der Waals surface area contributed by atoms with Gasteiger partial charge in [0.15, 0.2) is 6.61 Å². The van der Waals surface area contributed by atoms with Gasteiger partial charge in [0.05, 0.1) is 10.6 Å². The minimum Gasteiger partial charge on any atom is -0.438 e. The molecular formula is C25H19N3O3S. The number of hydrogen-bond donors (Lipinski definition) is 1. The number of carbonyl (C=O) groups is 1. The molecule has 0 aliphatic carbocycles. The van der Waals surface area contributed by atoms with Crippen LogP contribution in [-0.4, -0.2) is 18.2 Å². The van der Waals surface area contributed by atoms with Crippen LogP contribution in [0.5, 0.6) is 0 Å². The second-order valence-electron chi connectivity index (χ2n) is 6.83. The first-order valence-electron chi connectivity index (χ1n) is 9.85. The maximum absolute atomic E-state index is 12.5. The zero-order chi connectivity index (χ0) is 22.3. The van der Waals surface area contributed by atoms with Crippen LogP contribution in [0.15, 0.2) is 87.7 Å². The summed E-state index contributed by atoms with van der Waals surface area (Å²) in [5, 5.41) is 18.4. The number of nitrogens with one attached hydrogen (secondary N) is 1. The molecule has 0 saturated carbocycles. The summed E-state index contributed by atoms with van der Waals surface area (Å²) in [6, 6.07) is 24.9. The second-order valence-corrected chi connectivity index (χ2v) is 7.78. The Kier molecular flexibility index (Phi) is 6.44. The lowest BCUT2D eigenvalue weighted by atomic mass is 9.98. The number of nitrogens with zero attached hydrogens (tertiary/aromatic N) is 2. The van der Waals surface area contributed by atoms with Gasteiger partial charge in [0.1, 0.15) is 17.4 Å². The highest BCUT2D eigenvalue weighted by molar-refractivity contribution is 7.12. The highest BCUT2D eigenvalue weighted by Gasteiger charge is 2.24. The zero-order valence-electron chi connectivity index (χ0n) is 17.2. The van der Waals surface area contributed by atoms with Crippen LogP contribution in [0.4, 0.5) is 5.88 Å². The van der Waals surface area contributed by atoms with Crippen LogP contribution in [0, 0.1) is 11.3 Å². The summed E-state index contributed by atoms with van der Waals surface area (Å²) < 4.78 is 5.99. The van der Waals surface area contributed by atoms with Crippen molar-refractivity contribution in [1.29, 1.82) is 5.26 Å². The lowest BCUT2D eigenvalue weighted by Crippen LogP contribution is -2.17. The van der Waals surface area contributed by atoms with E-state index in [0.717, 1.165) is 16.0 Å². The van der Waals surface area contributed by atoms with Gasteiger partial charge in [-0.2, -0.15) is 5.26 Å². The van der Waals surface area contributed by atoms with Crippen LogP contribution in [0.2, 0.25) is 0 Å². The molecule has 0 aliphatic rings. The average molecular weight is 442 g/mol. The van der Waals surface area contributed by atoms with Gasteiger partial charge in [0.25, 0.3) is 5.91 Å². The number of thiophene rings is 1. The molecule has 0 unspecified atom stereocenters. The molecule has 6 nitrogen and oxygen atoms in total. The molecule has 158 valence electrons. The van der Waals surface area contributed by atoms with E-state index in [1.54, 1.807) is 0 Å². The molecule has 4 rings (SSSR count). The third-order valence-electron chi connectivity index (χ3n) is 4.65. The number of hydrogen-bond acceptors (Lipinski definition) is 6. The van der Waals surface area contributed by atoms with E-state index in [1.165, 1.54) is 11.3 Å². The molecule has 1 amide bonds. The van der Waals surface area contributed by atoms with Crippen molar-refractivity contribution in [3.05, 3.63) is 88.6 Å². The van der Waals surface area contributed by atoms with Gasteiger partial charge in [-0.3, -0.25) is 10.1 Å². The lowest BCUT2D eigenvalue weighted by molar-refractivity contribution is -0.120. The third kappa shape index (κ3) is 4.61. The summed E-state index contributed by atoms with van der Waals surface area (Å²) >= 11 is 1.54. The highest BCUT2D eigenvalue weighted by Crippen LogP contribution is 2.41. The maximum Gasteiger partial charge on any atom is 0.267 e. The van der Waals surface area contributed by atoms with Crippen molar-refractivity contribution in [3.8, 4) is 28.5 Å². The van der Waals surface area contributed by atoms with Gasteiger partial charge in [0, 0.05) is 11.1 Å². The summed E-state index contributed by atoms with van der Waals surface area (Å²) in [6.45, 7) is 1.50. The fourth-order valence-electron chi connectivity index (χ4n) is 3.18. The molecule has 0 bridgehead atoms. The molecule has 0 saturated heterocycles. The second kappa shape index (κ2) is 9.77. The third-order valence-corrected chi connectivity index (χ3v) is 5.62. The number of oxime groups is 1. The topological polar surface area (TPSA) is 87.6 Å². The molecule has 0 atom stereocenters. The Morgan fingerprint density at radius 2 is 1.75 bits per heavy atom. The van der Waals surface area contributed by atoms with Crippen LogP contribution in [0.1, 0.15) is 17.4 Å². The number of furan rings is 1. The summed E-state index contributed by atoms with van der Waals surface area (Å²) in [7, 11) is 0. The predicted octanol–water partition coefficient (Wildman–Crippen LogP) is 5.93. The number of amides is 1. The molecule has 4 aromatic rings. The molecule has 2 heterocycles. The van der Waals surface area contributed by atoms with Crippen molar-refractivity contribution in [2.75, 3.05) is 11.9 Å². The minimum absolute atomic E-state index is 0.0813. The lowest BCUT2D eigenvalue weighted by Gasteiger charge is -2.03. The summed E-state index contributed by atoms with van der Waals surface area (Å²) in [4.78, 5) is 18.6. The van der Waals surface area contributed by atoms with E-state index in [2.05, 4.69) is 16.5 Å². The van der Waals surface area contributed by atoms with Crippen molar-refractivity contribution < 1.29 is 14.0 Å². The Morgan fingerprint density at radius 1 is 1.06 bits per heavy atom. The Balaban J connectivity index is 1.60. The van der Waals surface area contributed by atoms with Crippen molar-refractivity contribution >= 4 is 28.8 Å². The summed E-state index contributed by atoms with van der Waals surface area (Å²) in [5.41, 5.74) is 3.18. The first-order chi connectivity index (χ1) is 15.7. The van der Waals surface area contributed by atoms with E-state index in [4.69, 9.17) is 9.25 Å². The van der Waals surface area contributed by atoms with Gasteiger partial charge in [0.2, 0.25) is 5.88 Å². The smallest absolute Gasteiger partial charge is 0.267 e. The molecule has 7 heteroatoms. The van der Waals surface area contributed by atoms with E-state index in [0.29, 0.717) is 17.0 Å². The maximum atomic E-state index is 12.5. The van der Waals surface area contributed by atoms with Gasteiger partial charge >= 0.3 is 0 Å². The summed E-state index contributed by atoms with van der Waals surface area (Å²) in [5.74, 6) is 0.117. The molecule has 0 aliphatic heterocycles. The van der Waals surface area contributed by atoms with Crippen molar-refractivity contribution in [2.45, 2.75) is 6.92 Å². The summed E-state index contributed by atoms with van der Waals surface area (Å²) in [6.07, 6.45) is 0. The molecule has 32 heavy (non-hydrogen) atoms. The molecule has 0 fully saturated rings. The fourth-order valence-corrected chi connectivity index (χ4v) is 3.85. The van der Waals surface area contributed by atoms with Crippen LogP contribution < -0.4 is 5.32 Å². The normalized spacial score (nSPS) is 11.1. The van der Waals surface area contributed by atoms with Crippen molar-refractivity contribution in [3.63, 3.8) is 0 Å². The van der Waals surface area contributed by atoms with E-state index < -0.39 is 5.91 Å². The zero-order valence-corrected chi connectivity index (χ0v) is 18.1. The molecule has 2 aromatic heterocycles. The van der Waals surface area contributed by atoms with Crippen LogP contribution in [0.25, 0.3) is 22.5 Å². The number of nitriles is 1. The number of benzene rings is 2.